The highest BCUT2D eigenvalue weighted by Gasteiger charge is 2.38. The van der Waals surface area contributed by atoms with Gasteiger partial charge in [0.15, 0.2) is 0 Å². The van der Waals surface area contributed by atoms with Crippen LogP contribution in [-0.2, 0) is 10.0 Å². The average molecular weight is 440 g/mol. The number of hydrogen-bond donors (Lipinski definition) is 2. The van der Waals surface area contributed by atoms with E-state index in [9.17, 15) is 13.2 Å². The maximum atomic E-state index is 12.8. The Morgan fingerprint density at radius 1 is 1.31 bits per heavy atom. The molecule has 2 aromatic rings. The zero-order valence-electron chi connectivity index (χ0n) is 15.9. The number of amides is 1. The molecular formula is C18H22ClN5O4S. The molecule has 4 rings (SSSR count). The van der Waals surface area contributed by atoms with E-state index in [1.165, 1.54) is 0 Å². The van der Waals surface area contributed by atoms with E-state index in [0.29, 0.717) is 29.4 Å². The largest absolute Gasteiger partial charge is 0.415 e. The molecule has 0 bridgehead atoms. The zero-order chi connectivity index (χ0) is 20.6. The van der Waals surface area contributed by atoms with Crippen molar-refractivity contribution < 1.29 is 17.6 Å². The number of carbonyl (C=O) groups is 1. The number of benzene rings is 1. The van der Waals surface area contributed by atoms with E-state index in [1.54, 1.807) is 30.0 Å². The third kappa shape index (κ3) is 4.10. The molecule has 2 unspecified atom stereocenters. The van der Waals surface area contributed by atoms with Crippen LogP contribution in [0.5, 0.6) is 0 Å². The molecule has 2 atom stereocenters. The van der Waals surface area contributed by atoms with Gasteiger partial charge in [0, 0.05) is 24.7 Å². The number of aromatic nitrogens is 2. The van der Waals surface area contributed by atoms with Crippen molar-refractivity contribution in [3.05, 3.63) is 40.6 Å². The van der Waals surface area contributed by atoms with Crippen molar-refractivity contribution in [2.75, 3.05) is 24.4 Å². The van der Waals surface area contributed by atoms with Gasteiger partial charge in [0.2, 0.25) is 15.9 Å². The summed E-state index contributed by atoms with van der Waals surface area (Å²) >= 11 is 6.07. The maximum absolute atomic E-state index is 12.8. The Morgan fingerprint density at radius 2 is 2.07 bits per heavy atom. The molecule has 2 saturated heterocycles. The van der Waals surface area contributed by atoms with Gasteiger partial charge in [-0.3, -0.25) is 9.52 Å². The Morgan fingerprint density at radius 3 is 2.83 bits per heavy atom. The van der Waals surface area contributed by atoms with Crippen LogP contribution in [0.4, 0.5) is 5.69 Å². The lowest BCUT2D eigenvalue weighted by Crippen LogP contribution is -2.29. The van der Waals surface area contributed by atoms with Crippen LogP contribution in [0.3, 0.4) is 0 Å². The minimum atomic E-state index is -3.65. The van der Waals surface area contributed by atoms with Crippen molar-refractivity contribution in [3.63, 3.8) is 0 Å². The van der Waals surface area contributed by atoms with Gasteiger partial charge in [-0.1, -0.05) is 17.7 Å². The Bertz CT molecular complexity index is 1020. The van der Waals surface area contributed by atoms with E-state index >= 15 is 0 Å². The molecule has 0 radical (unpaired) electrons. The fourth-order valence-electron chi connectivity index (χ4n) is 3.60. The van der Waals surface area contributed by atoms with Gasteiger partial charge in [-0.05, 0) is 43.9 Å². The second-order valence-corrected chi connectivity index (χ2v) is 9.69. The van der Waals surface area contributed by atoms with Gasteiger partial charge in [0.25, 0.3) is 0 Å². The topological polar surface area (TPSA) is 117 Å². The van der Waals surface area contributed by atoms with E-state index in [4.69, 9.17) is 16.0 Å². The third-order valence-electron chi connectivity index (χ3n) is 5.36. The van der Waals surface area contributed by atoms with Crippen LogP contribution >= 0.6 is 11.6 Å². The number of rotatable bonds is 5. The van der Waals surface area contributed by atoms with Crippen LogP contribution in [0.2, 0.25) is 5.02 Å². The predicted molar refractivity (Wildman–Crippen MR) is 107 cm³/mol. The van der Waals surface area contributed by atoms with Crippen molar-refractivity contribution >= 4 is 33.2 Å². The first-order chi connectivity index (χ1) is 13.8. The normalized spacial score (nSPS) is 22.2. The summed E-state index contributed by atoms with van der Waals surface area (Å²) in [7, 11) is -3.65. The van der Waals surface area contributed by atoms with Crippen LogP contribution < -0.4 is 10.0 Å². The molecule has 2 fully saturated rings. The number of anilines is 1. The molecule has 2 N–H and O–H groups in total. The number of carbonyl (C=O) groups excluding carboxylic acids is 1. The summed E-state index contributed by atoms with van der Waals surface area (Å²) in [4.78, 5) is 14.0. The van der Waals surface area contributed by atoms with E-state index in [2.05, 4.69) is 20.2 Å². The lowest BCUT2D eigenvalue weighted by Gasteiger charge is -2.15. The van der Waals surface area contributed by atoms with E-state index in [1.807, 2.05) is 0 Å². The van der Waals surface area contributed by atoms with Crippen LogP contribution in [0.15, 0.2) is 22.6 Å². The van der Waals surface area contributed by atoms with Crippen molar-refractivity contribution in [1.29, 1.82) is 0 Å². The minimum absolute atomic E-state index is 0.0531. The zero-order valence-corrected chi connectivity index (χ0v) is 17.5. The Kier molecular flexibility index (Phi) is 5.50. The highest BCUT2D eigenvalue weighted by molar-refractivity contribution is 7.93. The quantitative estimate of drug-likeness (QED) is 0.732. The summed E-state index contributed by atoms with van der Waals surface area (Å²) in [5, 5.41) is 10.7. The van der Waals surface area contributed by atoms with Gasteiger partial charge in [0.1, 0.15) is 0 Å². The molecule has 9 nitrogen and oxygen atoms in total. The molecule has 1 amide bonds. The highest BCUT2D eigenvalue weighted by Crippen LogP contribution is 2.29. The van der Waals surface area contributed by atoms with Gasteiger partial charge in [0.05, 0.1) is 17.0 Å². The van der Waals surface area contributed by atoms with Crippen LogP contribution in [0, 0.1) is 6.92 Å². The molecule has 156 valence electrons. The van der Waals surface area contributed by atoms with Gasteiger partial charge >= 0.3 is 11.8 Å². The van der Waals surface area contributed by atoms with E-state index in [-0.39, 0.29) is 30.7 Å². The molecule has 1 aromatic carbocycles. The SMILES string of the molecule is Cc1c(Cl)cccc1NS(=O)(=O)C1CNC(c2nnc(C(=O)N3CCCC3)o2)C1. The first-order valence-electron chi connectivity index (χ1n) is 9.48. The van der Waals surface area contributed by atoms with E-state index in [0.717, 1.165) is 12.8 Å². The monoisotopic (exact) mass is 439 g/mol. The number of nitrogens with one attached hydrogen (secondary N) is 2. The van der Waals surface area contributed by atoms with Crippen LogP contribution in [0.25, 0.3) is 0 Å². The molecule has 1 aromatic heterocycles. The lowest BCUT2D eigenvalue weighted by atomic mass is 10.2. The van der Waals surface area contributed by atoms with Crippen molar-refractivity contribution in [2.24, 2.45) is 0 Å². The molecule has 11 heteroatoms. The first-order valence-corrected chi connectivity index (χ1v) is 11.4. The fourth-order valence-corrected chi connectivity index (χ4v) is 5.23. The molecule has 29 heavy (non-hydrogen) atoms. The smallest absolute Gasteiger partial charge is 0.311 e. The van der Waals surface area contributed by atoms with Crippen LogP contribution in [0.1, 0.15) is 47.4 Å². The van der Waals surface area contributed by atoms with E-state index < -0.39 is 21.3 Å². The Hall–Kier alpha value is -2.17. The average Bonchev–Trinajstić information content (AvgIpc) is 3.45. The van der Waals surface area contributed by atoms with Crippen molar-refractivity contribution in [2.45, 2.75) is 37.5 Å². The molecular weight excluding hydrogens is 418 g/mol. The fraction of sp³-hybridized carbons (Fsp3) is 0.500. The highest BCUT2D eigenvalue weighted by atomic mass is 35.5. The Labute approximate surface area is 173 Å². The van der Waals surface area contributed by atoms with Crippen molar-refractivity contribution in [1.82, 2.24) is 20.4 Å². The molecule has 3 heterocycles. The molecule has 0 saturated carbocycles. The lowest BCUT2D eigenvalue weighted by molar-refractivity contribution is 0.0750. The van der Waals surface area contributed by atoms with Gasteiger partial charge in [-0.2, -0.15) is 0 Å². The van der Waals surface area contributed by atoms with Crippen molar-refractivity contribution in [3.8, 4) is 0 Å². The summed E-state index contributed by atoms with van der Waals surface area (Å²) in [6.45, 7) is 3.37. The number of hydrogen-bond acceptors (Lipinski definition) is 7. The summed E-state index contributed by atoms with van der Waals surface area (Å²) in [6, 6.07) is 4.65. The summed E-state index contributed by atoms with van der Waals surface area (Å²) in [5.74, 6) is -0.103. The molecule has 2 aliphatic rings. The molecule has 0 spiro atoms. The predicted octanol–water partition coefficient (Wildman–Crippen LogP) is 2.11. The van der Waals surface area contributed by atoms with Gasteiger partial charge in [-0.25, -0.2) is 8.42 Å². The second kappa shape index (κ2) is 7.92. The number of sulfonamides is 1. The van der Waals surface area contributed by atoms with Gasteiger partial charge < -0.3 is 14.6 Å². The third-order valence-corrected chi connectivity index (χ3v) is 7.51. The van der Waals surface area contributed by atoms with Crippen LogP contribution in [-0.4, -0.2) is 54.3 Å². The number of halogens is 1. The summed E-state index contributed by atoms with van der Waals surface area (Å²) in [6.07, 6.45) is 2.19. The molecule has 0 aliphatic carbocycles. The summed E-state index contributed by atoms with van der Waals surface area (Å²) < 4.78 is 33.8. The second-order valence-electron chi connectivity index (χ2n) is 7.32. The maximum Gasteiger partial charge on any atom is 0.311 e. The minimum Gasteiger partial charge on any atom is -0.415 e. The molecule has 2 aliphatic heterocycles. The number of likely N-dealkylation sites (tertiary alicyclic amines) is 1. The number of nitrogens with zero attached hydrogens (tertiary/aromatic N) is 3. The first kappa shape index (κ1) is 20.1. The summed E-state index contributed by atoms with van der Waals surface area (Å²) in [5.41, 5.74) is 1.12. The Balaban J connectivity index is 1.43. The standard InChI is InChI=1S/C18H22ClN5O4S/c1-11-13(19)5-4-6-14(11)23-29(26,27)12-9-15(20-10-12)16-21-22-17(28-16)18(25)24-7-2-3-8-24/h4-6,12,15,20,23H,2-3,7-10H2,1H3. The van der Waals surface area contributed by atoms with Gasteiger partial charge in [-0.15, -0.1) is 10.2 Å².